The molecule has 1 saturated carbocycles. The molecule has 2 aliphatic rings. The molecule has 2 heterocycles. The number of aromatic nitrogens is 2. The number of hydrogen-bond acceptors (Lipinski definition) is 6. The van der Waals surface area contributed by atoms with Gasteiger partial charge in [-0.1, -0.05) is 11.4 Å². The molecule has 1 aliphatic heterocycles. The maximum atomic E-state index is 12.5. The zero-order valence-corrected chi connectivity index (χ0v) is 13.2. The molecule has 2 atom stereocenters. The highest BCUT2D eigenvalue weighted by Crippen LogP contribution is 2.25. The van der Waals surface area contributed by atoms with E-state index in [1.165, 1.54) is 11.5 Å². The van der Waals surface area contributed by atoms with E-state index in [-0.39, 0.29) is 12.0 Å². The van der Waals surface area contributed by atoms with Gasteiger partial charge in [-0.3, -0.25) is 9.69 Å². The zero-order valence-electron chi connectivity index (χ0n) is 12.4. The first-order valence-corrected chi connectivity index (χ1v) is 8.50. The molecule has 116 valence electrons. The van der Waals surface area contributed by atoms with Gasteiger partial charge in [0.2, 0.25) is 0 Å². The van der Waals surface area contributed by atoms with Crippen molar-refractivity contribution >= 4 is 17.4 Å². The smallest absolute Gasteiger partial charge is 0.267 e. The van der Waals surface area contributed by atoms with Crippen LogP contribution in [0.2, 0.25) is 0 Å². The molecule has 3 rings (SSSR count). The topological polar surface area (TPSA) is 69.6 Å². The van der Waals surface area contributed by atoms with E-state index in [2.05, 4.69) is 14.5 Å². The predicted molar refractivity (Wildman–Crippen MR) is 80.4 cm³/mol. The van der Waals surface area contributed by atoms with E-state index in [9.17, 15) is 9.90 Å². The number of carbonyl (C=O) groups excluding carboxylic acids is 1. The largest absolute Gasteiger partial charge is 0.391 e. The van der Waals surface area contributed by atoms with Crippen molar-refractivity contribution in [2.45, 2.75) is 44.8 Å². The fourth-order valence-corrected chi connectivity index (χ4v) is 4.07. The minimum Gasteiger partial charge on any atom is -0.391 e. The fraction of sp³-hybridized carbons (Fsp3) is 0.786. The highest BCUT2D eigenvalue weighted by atomic mass is 32.1. The number of rotatable bonds is 3. The third-order valence-corrected chi connectivity index (χ3v) is 5.36. The van der Waals surface area contributed by atoms with Crippen molar-refractivity contribution in [3.05, 3.63) is 10.6 Å². The molecule has 7 heteroatoms. The van der Waals surface area contributed by atoms with E-state index in [0.717, 1.165) is 57.6 Å². The molecular weight excluding hydrogens is 288 g/mol. The summed E-state index contributed by atoms with van der Waals surface area (Å²) in [6.07, 6.45) is 3.65. The van der Waals surface area contributed by atoms with Crippen molar-refractivity contribution in [1.82, 2.24) is 19.4 Å². The minimum atomic E-state index is -0.190. The first kappa shape index (κ1) is 14.9. The predicted octanol–water partition coefficient (Wildman–Crippen LogP) is 0.772. The molecule has 2 fully saturated rings. The molecule has 21 heavy (non-hydrogen) atoms. The lowest BCUT2D eigenvalue weighted by atomic mass is 10.1. The molecular formula is C14H22N4O2S. The summed E-state index contributed by atoms with van der Waals surface area (Å²) in [6, 6.07) is 0.290. The average Bonchev–Trinajstić information content (AvgIpc) is 3.15. The van der Waals surface area contributed by atoms with Gasteiger partial charge >= 0.3 is 0 Å². The molecule has 1 amide bonds. The molecule has 1 aromatic heterocycles. The van der Waals surface area contributed by atoms with Crippen molar-refractivity contribution in [2.75, 3.05) is 26.2 Å². The minimum absolute atomic E-state index is 0.0634. The van der Waals surface area contributed by atoms with Crippen molar-refractivity contribution in [3.8, 4) is 0 Å². The third-order valence-electron chi connectivity index (χ3n) is 4.60. The van der Waals surface area contributed by atoms with E-state index in [1.54, 1.807) is 0 Å². The number of amides is 1. The molecule has 2 unspecified atom stereocenters. The van der Waals surface area contributed by atoms with Gasteiger partial charge in [0.15, 0.2) is 0 Å². The molecule has 0 spiro atoms. The van der Waals surface area contributed by atoms with Crippen LogP contribution in [0.4, 0.5) is 0 Å². The molecule has 1 N–H and O–H groups in total. The van der Waals surface area contributed by atoms with Crippen molar-refractivity contribution in [2.24, 2.45) is 0 Å². The second-order valence-corrected chi connectivity index (χ2v) is 6.55. The fourth-order valence-electron chi connectivity index (χ4n) is 3.35. The van der Waals surface area contributed by atoms with Crippen LogP contribution < -0.4 is 0 Å². The van der Waals surface area contributed by atoms with E-state index >= 15 is 0 Å². The van der Waals surface area contributed by atoms with Gasteiger partial charge < -0.3 is 10.0 Å². The quantitative estimate of drug-likeness (QED) is 0.893. The van der Waals surface area contributed by atoms with Crippen molar-refractivity contribution in [3.63, 3.8) is 0 Å². The Labute approximate surface area is 128 Å². The third kappa shape index (κ3) is 2.95. The monoisotopic (exact) mass is 310 g/mol. The maximum absolute atomic E-state index is 12.5. The van der Waals surface area contributed by atoms with Crippen LogP contribution in [0.3, 0.4) is 0 Å². The van der Waals surface area contributed by atoms with Crippen LogP contribution in [0.15, 0.2) is 0 Å². The van der Waals surface area contributed by atoms with E-state index in [1.807, 2.05) is 11.8 Å². The Kier molecular flexibility index (Phi) is 4.51. The molecule has 0 bridgehead atoms. The number of piperazine rings is 1. The van der Waals surface area contributed by atoms with E-state index in [0.29, 0.717) is 10.9 Å². The van der Waals surface area contributed by atoms with Gasteiger partial charge in [-0.05, 0) is 37.2 Å². The summed E-state index contributed by atoms with van der Waals surface area (Å²) in [5, 5.41) is 14.0. The Bertz CT molecular complexity index is 499. The first-order chi connectivity index (χ1) is 10.2. The zero-order chi connectivity index (χ0) is 14.8. The standard InChI is InChI=1S/C14H22N4O2S/c1-2-10-13(21-16-15-10)14(20)18-8-6-17(7-9-18)11-4-3-5-12(11)19/h11-12,19H,2-9H2,1H3. The van der Waals surface area contributed by atoms with Crippen molar-refractivity contribution < 1.29 is 9.90 Å². The van der Waals surface area contributed by atoms with Gasteiger partial charge in [0.05, 0.1) is 11.8 Å². The number of aryl methyl sites for hydroxylation is 1. The van der Waals surface area contributed by atoms with Crippen LogP contribution in [-0.2, 0) is 6.42 Å². The summed E-state index contributed by atoms with van der Waals surface area (Å²) in [5.41, 5.74) is 0.804. The normalized spacial score (nSPS) is 27.2. The molecule has 0 aromatic carbocycles. The first-order valence-electron chi connectivity index (χ1n) is 7.73. The Hall–Kier alpha value is -1.05. The van der Waals surface area contributed by atoms with Crippen LogP contribution in [-0.4, -0.2) is 68.7 Å². The Morgan fingerprint density at radius 1 is 1.33 bits per heavy atom. The highest BCUT2D eigenvalue weighted by Gasteiger charge is 2.34. The molecule has 1 aromatic rings. The summed E-state index contributed by atoms with van der Waals surface area (Å²) < 4.78 is 3.90. The van der Waals surface area contributed by atoms with Crippen LogP contribution >= 0.6 is 11.5 Å². The summed E-state index contributed by atoms with van der Waals surface area (Å²) in [6.45, 7) is 5.14. The Balaban J connectivity index is 1.59. The van der Waals surface area contributed by atoms with Crippen LogP contribution in [0, 0.1) is 0 Å². The van der Waals surface area contributed by atoms with E-state index in [4.69, 9.17) is 0 Å². The van der Waals surface area contributed by atoms with Gasteiger partial charge in [-0.2, -0.15) is 0 Å². The Morgan fingerprint density at radius 2 is 2.10 bits per heavy atom. The van der Waals surface area contributed by atoms with Crippen molar-refractivity contribution in [1.29, 1.82) is 0 Å². The molecule has 1 saturated heterocycles. The molecule has 6 nitrogen and oxygen atoms in total. The number of nitrogens with zero attached hydrogens (tertiary/aromatic N) is 4. The highest BCUT2D eigenvalue weighted by molar-refractivity contribution is 7.08. The van der Waals surface area contributed by atoms with Gasteiger partial charge in [0, 0.05) is 32.2 Å². The number of aliphatic hydroxyl groups is 1. The van der Waals surface area contributed by atoms with Gasteiger partial charge in [-0.25, -0.2) is 0 Å². The number of carbonyl (C=O) groups is 1. The maximum Gasteiger partial charge on any atom is 0.267 e. The second-order valence-electron chi connectivity index (χ2n) is 5.80. The summed E-state index contributed by atoms with van der Waals surface area (Å²) in [4.78, 5) is 17.4. The lowest BCUT2D eigenvalue weighted by Gasteiger charge is -2.38. The number of hydrogen-bond donors (Lipinski definition) is 1. The average molecular weight is 310 g/mol. The van der Waals surface area contributed by atoms with Gasteiger partial charge in [0.25, 0.3) is 5.91 Å². The lowest BCUT2D eigenvalue weighted by molar-refractivity contribution is 0.0317. The van der Waals surface area contributed by atoms with Crippen LogP contribution in [0.5, 0.6) is 0 Å². The SMILES string of the molecule is CCc1nnsc1C(=O)N1CCN(C2CCCC2O)CC1. The van der Waals surface area contributed by atoms with Gasteiger partial charge in [-0.15, -0.1) is 5.10 Å². The number of aliphatic hydroxyl groups excluding tert-OH is 1. The van der Waals surface area contributed by atoms with Crippen LogP contribution in [0.1, 0.15) is 41.6 Å². The Morgan fingerprint density at radius 3 is 2.71 bits per heavy atom. The summed E-state index contributed by atoms with van der Waals surface area (Å²) in [5.74, 6) is 0.0634. The summed E-state index contributed by atoms with van der Waals surface area (Å²) in [7, 11) is 0. The van der Waals surface area contributed by atoms with E-state index < -0.39 is 0 Å². The molecule has 0 radical (unpaired) electrons. The van der Waals surface area contributed by atoms with Crippen LogP contribution in [0.25, 0.3) is 0 Å². The summed E-state index contributed by atoms with van der Waals surface area (Å²) >= 11 is 1.20. The molecule has 1 aliphatic carbocycles. The lowest BCUT2D eigenvalue weighted by Crippen LogP contribution is -2.53. The second kappa shape index (κ2) is 6.37. The van der Waals surface area contributed by atoms with Gasteiger partial charge in [0.1, 0.15) is 4.88 Å².